The van der Waals surface area contributed by atoms with E-state index in [-0.39, 0.29) is 11.4 Å². The van der Waals surface area contributed by atoms with Crippen molar-refractivity contribution in [2.24, 2.45) is 11.3 Å². The Morgan fingerprint density at radius 1 is 1.33 bits per heavy atom. The van der Waals surface area contributed by atoms with Crippen molar-refractivity contribution in [3.05, 3.63) is 23.9 Å². The summed E-state index contributed by atoms with van der Waals surface area (Å²) in [7, 11) is 1.52. The van der Waals surface area contributed by atoms with E-state index >= 15 is 0 Å². The Balaban J connectivity index is 1.42. The van der Waals surface area contributed by atoms with Crippen LogP contribution in [0.4, 0.5) is 5.82 Å². The van der Waals surface area contributed by atoms with E-state index in [1.165, 1.54) is 25.5 Å². The van der Waals surface area contributed by atoms with E-state index in [0.717, 1.165) is 57.8 Å². The minimum Gasteiger partial charge on any atom is -0.469 e. The molecule has 0 amide bonds. The third-order valence-electron chi connectivity index (χ3n) is 6.18. The van der Waals surface area contributed by atoms with Crippen LogP contribution >= 0.6 is 0 Å². The molecule has 5 nitrogen and oxygen atoms in total. The minimum absolute atomic E-state index is 0.00462. The first kappa shape index (κ1) is 15.9. The van der Waals surface area contributed by atoms with Gasteiger partial charge in [0.25, 0.3) is 0 Å². The van der Waals surface area contributed by atoms with Crippen LogP contribution in [0, 0.1) is 11.3 Å². The van der Waals surface area contributed by atoms with Crippen LogP contribution in [0.2, 0.25) is 0 Å². The molecule has 1 aromatic heterocycles. The zero-order valence-electron chi connectivity index (χ0n) is 14.5. The summed E-state index contributed by atoms with van der Waals surface area (Å²) < 4.78 is 5.13. The van der Waals surface area contributed by atoms with E-state index in [1.54, 1.807) is 0 Å². The number of carbonyl (C=O) groups is 1. The second-order valence-electron chi connectivity index (χ2n) is 7.63. The number of hydrogen-bond donors (Lipinski definition) is 0. The average Bonchev–Trinajstić information content (AvgIpc) is 3.30. The molecule has 5 heteroatoms. The van der Waals surface area contributed by atoms with Crippen molar-refractivity contribution < 1.29 is 9.53 Å². The molecule has 2 saturated heterocycles. The molecule has 0 spiro atoms. The first-order valence-corrected chi connectivity index (χ1v) is 9.22. The first-order valence-electron chi connectivity index (χ1n) is 9.22. The Kier molecular flexibility index (Phi) is 4.21. The second-order valence-corrected chi connectivity index (χ2v) is 7.63. The van der Waals surface area contributed by atoms with Crippen LogP contribution in [0.5, 0.6) is 0 Å². The Morgan fingerprint density at radius 2 is 2.17 bits per heavy atom. The SMILES string of the molecule is COC(=O)[C@@]12CCC[C@H]1CN(Cc1ccc(N3CCCC3)nc1)C2. The second kappa shape index (κ2) is 6.36. The molecule has 3 fully saturated rings. The zero-order chi connectivity index (χ0) is 16.6. The normalized spacial score (nSPS) is 29.9. The number of ether oxygens (including phenoxy) is 1. The average molecular weight is 329 g/mol. The highest BCUT2D eigenvalue weighted by molar-refractivity contribution is 5.78. The Bertz CT molecular complexity index is 597. The lowest BCUT2D eigenvalue weighted by Gasteiger charge is -2.25. The van der Waals surface area contributed by atoms with Gasteiger partial charge in [-0.2, -0.15) is 0 Å². The molecule has 1 saturated carbocycles. The molecule has 24 heavy (non-hydrogen) atoms. The summed E-state index contributed by atoms with van der Waals surface area (Å²) in [5.74, 6) is 1.55. The molecule has 2 atom stereocenters. The van der Waals surface area contributed by atoms with Gasteiger partial charge in [0, 0.05) is 38.9 Å². The lowest BCUT2D eigenvalue weighted by atomic mass is 9.81. The predicted octanol–water partition coefficient (Wildman–Crippen LogP) is 2.46. The number of anilines is 1. The molecular weight excluding hydrogens is 302 g/mol. The number of pyridine rings is 1. The minimum atomic E-state index is -0.252. The van der Waals surface area contributed by atoms with E-state index in [1.807, 2.05) is 6.20 Å². The van der Waals surface area contributed by atoms with Crippen LogP contribution in [0.3, 0.4) is 0 Å². The van der Waals surface area contributed by atoms with Gasteiger partial charge in [-0.05, 0) is 43.2 Å². The third-order valence-corrected chi connectivity index (χ3v) is 6.18. The van der Waals surface area contributed by atoms with E-state index in [4.69, 9.17) is 4.74 Å². The van der Waals surface area contributed by atoms with Crippen molar-refractivity contribution in [2.75, 3.05) is 38.2 Å². The van der Waals surface area contributed by atoms with E-state index in [2.05, 4.69) is 26.9 Å². The summed E-state index contributed by atoms with van der Waals surface area (Å²) >= 11 is 0. The molecule has 0 bridgehead atoms. The maximum Gasteiger partial charge on any atom is 0.313 e. The number of likely N-dealkylation sites (tertiary alicyclic amines) is 1. The fourth-order valence-corrected chi connectivity index (χ4v) is 4.95. The van der Waals surface area contributed by atoms with Gasteiger partial charge in [0.15, 0.2) is 0 Å². The van der Waals surface area contributed by atoms with Crippen molar-refractivity contribution in [3.63, 3.8) is 0 Å². The maximum absolute atomic E-state index is 12.3. The number of esters is 1. The monoisotopic (exact) mass is 329 g/mol. The predicted molar refractivity (Wildman–Crippen MR) is 92.8 cm³/mol. The summed E-state index contributed by atoms with van der Waals surface area (Å²) in [4.78, 5) is 21.8. The number of hydrogen-bond acceptors (Lipinski definition) is 5. The largest absolute Gasteiger partial charge is 0.469 e. The molecule has 0 N–H and O–H groups in total. The van der Waals surface area contributed by atoms with Gasteiger partial charge in [0.05, 0.1) is 12.5 Å². The van der Waals surface area contributed by atoms with Crippen LogP contribution in [0.1, 0.15) is 37.7 Å². The highest BCUT2D eigenvalue weighted by Gasteiger charge is 2.55. The number of rotatable bonds is 4. The van der Waals surface area contributed by atoms with Gasteiger partial charge >= 0.3 is 5.97 Å². The summed E-state index contributed by atoms with van der Waals surface area (Å²) in [6.45, 7) is 4.97. The first-order chi connectivity index (χ1) is 11.7. The van der Waals surface area contributed by atoms with Gasteiger partial charge in [-0.25, -0.2) is 4.98 Å². The summed E-state index contributed by atoms with van der Waals surface area (Å²) in [5, 5.41) is 0. The van der Waals surface area contributed by atoms with Crippen LogP contribution in [0.25, 0.3) is 0 Å². The van der Waals surface area contributed by atoms with Gasteiger partial charge in [-0.15, -0.1) is 0 Å². The number of aromatic nitrogens is 1. The van der Waals surface area contributed by atoms with Gasteiger partial charge in [-0.3, -0.25) is 9.69 Å². The van der Waals surface area contributed by atoms with Gasteiger partial charge in [0.1, 0.15) is 5.82 Å². The molecule has 3 aliphatic rings. The van der Waals surface area contributed by atoms with Gasteiger partial charge < -0.3 is 9.64 Å². The van der Waals surface area contributed by atoms with Gasteiger partial charge in [-0.1, -0.05) is 12.5 Å². The topological polar surface area (TPSA) is 45.7 Å². The molecule has 3 heterocycles. The van der Waals surface area contributed by atoms with Crippen LogP contribution in [-0.4, -0.2) is 49.1 Å². The maximum atomic E-state index is 12.3. The molecule has 1 aliphatic carbocycles. The number of nitrogens with zero attached hydrogens (tertiary/aromatic N) is 3. The molecule has 2 aliphatic heterocycles. The Hall–Kier alpha value is -1.62. The van der Waals surface area contributed by atoms with E-state index in [0.29, 0.717) is 5.92 Å². The summed E-state index contributed by atoms with van der Waals surface area (Å²) in [5.41, 5.74) is 0.982. The fraction of sp³-hybridized carbons (Fsp3) is 0.684. The molecule has 130 valence electrons. The van der Waals surface area contributed by atoms with Crippen molar-refractivity contribution >= 4 is 11.8 Å². The zero-order valence-corrected chi connectivity index (χ0v) is 14.5. The van der Waals surface area contributed by atoms with Crippen molar-refractivity contribution in [1.82, 2.24) is 9.88 Å². The van der Waals surface area contributed by atoms with E-state index < -0.39 is 0 Å². The number of methoxy groups -OCH3 is 1. The molecule has 1 aromatic rings. The molecule has 0 unspecified atom stereocenters. The highest BCUT2D eigenvalue weighted by Crippen LogP contribution is 2.49. The summed E-state index contributed by atoms with van der Waals surface area (Å²) in [6, 6.07) is 4.34. The quantitative estimate of drug-likeness (QED) is 0.794. The number of carbonyl (C=O) groups excluding carboxylic acids is 1. The van der Waals surface area contributed by atoms with Crippen LogP contribution < -0.4 is 4.90 Å². The third kappa shape index (κ3) is 2.69. The smallest absolute Gasteiger partial charge is 0.313 e. The van der Waals surface area contributed by atoms with E-state index in [9.17, 15) is 4.79 Å². The van der Waals surface area contributed by atoms with Gasteiger partial charge in [0.2, 0.25) is 0 Å². The molecule has 4 rings (SSSR count). The van der Waals surface area contributed by atoms with Crippen molar-refractivity contribution in [3.8, 4) is 0 Å². The Morgan fingerprint density at radius 3 is 2.88 bits per heavy atom. The van der Waals surface area contributed by atoms with Crippen LogP contribution in [-0.2, 0) is 16.1 Å². The number of fused-ring (bicyclic) bond motifs is 1. The standard InChI is InChI=1S/C19H27N3O2/c1-24-18(23)19-8-4-5-16(19)13-21(14-19)12-15-6-7-17(20-11-15)22-9-2-3-10-22/h6-7,11,16H,2-5,8-10,12-14H2,1H3/t16-,19+/m0/s1. The molecule has 0 radical (unpaired) electrons. The Labute approximate surface area is 144 Å². The molecular formula is C19H27N3O2. The fourth-order valence-electron chi connectivity index (χ4n) is 4.95. The highest BCUT2D eigenvalue weighted by atomic mass is 16.5. The lowest BCUT2D eigenvalue weighted by Crippen LogP contribution is -2.36. The summed E-state index contributed by atoms with van der Waals surface area (Å²) in [6.07, 6.45) is 7.83. The lowest BCUT2D eigenvalue weighted by molar-refractivity contribution is -0.153. The van der Waals surface area contributed by atoms with Crippen molar-refractivity contribution in [1.29, 1.82) is 0 Å². The molecule has 0 aromatic carbocycles. The van der Waals surface area contributed by atoms with Crippen molar-refractivity contribution in [2.45, 2.75) is 38.6 Å². The van der Waals surface area contributed by atoms with Crippen LogP contribution in [0.15, 0.2) is 18.3 Å².